The fraction of sp³-hybridized carbons (Fsp3) is 0.353. The molecule has 6 nitrogen and oxygen atoms in total. The summed E-state index contributed by atoms with van der Waals surface area (Å²) >= 11 is 1.61. The van der Waals surface area contributed by atoms with Crippen molar-refractivity contribution in [3.8, 4) is 0 Å². The summed E-state index contributed by atoms with van der Waals surface area (Å²) in [6, 6.07) is 10.7. The van der Waals surface area contributed by atoms with E-state index in [1.165, 1.54) is 4.31 Å². The molecule has 2 aromatic rings. The lowest BCUT2D eigenvalue weighted by molar-refractivity contribution is -0.121. The van der Waals surface area contributed by atoms with Crippen LogP contribution >= 0.6 is 11.3 Å². The van der Waals surface area contributed by atoms with Gasteiger partial charge in [-0.15, -0.1) is 11.3 Å². The summed E-state index contributed by atoms with van der Waals surface area (Å²) in [5, 5.41) is 8.00. The second-order valence-corrected chi connectivity index (χ2v) is 9.00. The summed E-state index contributed by atoms with van der Waals surface area (Å²) in [4.78, 5) is 13.3. The number of anilines is 2. The molecule has 1 saturated heterocycles. The highest BCUT2D eigenvalue weighted by molar-refractivity contribution is 7.93. The SMILES string of the molecule is C[C@@H](Nc1ccc(N2CCCS2(=O)=O)cc1)C(=O)NCc1cccs1. The van der Waals surface area contributed by atoms with Gasteiger partial charge in [-0.25, -0.2) is 8.42 Å². The molecule has 2 N–H and O–H groups in total. The van der Waals surface area contributed by atoms with Crippen molar-refractivity contribution in [1.82, 2.24) is 5.32 Å². The first kappa shape index (κ1) is 17.8. The Morgan fingerprint density at radius 1 is 1.28 bits per heavy atom. The quantitative estimate of drug-likeness (QED) is 0.808. The van der Waals surface area contributed by atoms with Crippen LogP contribution < -0.4 is 14.9 Å². The molecule has 1 atom stereocenters. The molecule has 134 valence electrons. The van der Waals surface area contributed by atoms with Crippen molar-refractivity contribution < 1.29 is 13.2 Å². The Bertz CT molecular complexity index is 817. The van der Waals surface area contributed by atoms with E-state index in [9.17, 15) is 13.2 Å². The van der Waals surface area contributed by atoms with Gasteiger partial charge in [0.2, 0.25) is 15.9 Å². The van der Waals surface area contributed by atoms with E-state index in [0.717, 1.165) is 10.6 Å². The van der Waals surface area contributed by atoms with Crippen LogP contribution in [-0.2, 0) is 21.4 Å². The van der Waals surface area contributed by atoms with Crippen molar-refractivity contribution in [3.05, 3.63) is 46.7 Å². The second kappa shape index (κ2) is 7.45. The highest BCUT2D eigenvalue weighted by Gasteiger charge is 2.28. The maximum Gasteiger partial charge on any atom is 0.242 e. The molecule has 1 amide bonds. The number of thiophene rings is 1. The van der Waals surface area contributed by atoms with Crippen LogP contribution in [0.2, 0.25) is 0 Å². The number of carbonyl (C=O) groups excluding carboxylic acids is 1. The number of hydrogen-bond acceptors (Lipinski definition) is 5. The number of benzene rings is 1. The van der Waals surface area contributed by atoms with Gasteiger partial charge in [0.1, 0.15) is 6.04 Å². The Balaban J connectivity index is 1.56. The normalized spacial score (nSPS) is 17.2. The molecule has 0 spiro atoms. The molecule has 1 aromatic carbocycles. The van der Waals surface area contributed by atoms with E-state index >= 15 is 0 Å². The van der Waals surface area contributed by atoms with Crippen molar-refractivity contribution in [2.45, 2.75) is 25.9 Å². The van der Waals surface area contributed by atoms with Crippen LogP contribution in [0.25, 0.3) is 0 Å². The molecular formula is C17H21N3O3S2. The Morgan fingerprint density at radius 2 is 2.04 bits per heavy atom. The van der Waals surface area contributed by atoms with Gasteiger partial charge in [0.25, 0.3) is 0 Å². The number of rotatable bonds is 6. The molecule has 8 heteroatoms. The predicted octanol–water partition coefficient (Wildman–Crippen LogP) is 2.40. The third-order valence-corrected chi connectivity index (χ3v) is 6.79. The first-order valence-corrected chi connectivity index (χ1v) is 10.6. The third-order valence-electron chi connectivity index (χ3n) is 4.05. The van der Waals surface area contributed by atoms with Crippen molar-refractivity contribution in [3.63, 3.8) is 0 Å². The highest BCUT2D eigenvalue weighted by Crippen LogP contribution is 2.25. The standard InChI is InChI=1S/C17H21N3O3S2/c1-13(17(21)18-12-16-4-2-10-24-16)19-14-5-7-15(8-6-14)20-9-3-11-25(20,22)23/h2,4-8,10,13,19H,3,9,11-12H2,1H3,(H,18,21)/t13-/m1/s1. The number of sulfonamides is 1. The molecule has 0 unspecified atom stereocenters. The van der Waals surface area contributed by atoms with E-state index in [0.29, 0.717) is 25.2 Å². The van der Waals surface area contributed by atoms with E-state index in [-0.39, 0.29) is 17.7 Å². The maximum absolute atomic E-state index is 12.1. The van der Waals surface area contributed by atoms with E-state index in [1.807, 2.05) is 17.5 Å². The molecule has 1 fully saturated rings. The van der Waals surface area contributed by atoms with Gasteiger partial charge in [0.15, 0.2) is 0 Å². The van der Waals surface area contributed by atoms with Crippen molar-refractivity contribution in [2.75, 3.05) is 21.9 Å². The highest BCUT2D eigenvalue weighted by atomic mass is 32.2. The summed E-state index contributed by atoms with van der Waals surface area (Å²) < 4.78 is 25.3. The Hall–Kier alpha value is -2.06. The average molecular weight is 380 g/mol. The molecule has 25 heavy (non-hydrogen) atoms. The van der Waals surface area contributed by atoms with Gasteiger partial charge < -0.3 is 10.6 Å². The second-order valence-electron chi connectivity index (χ2n) is 5.95. The Kier molecular flexibility index (Phi) is 5.29. The molecular weight excluding hydrogens is 358 g/mol. The molecule has 0 saturated carbocycles. The lowest BCUT2D eigenvalue weighted by Crippen LogP contribution is -2.37. The summed E-state index contributed by atoms with van der Waals surface area (Å²) in [7, 11) is -3.17. The van der Waals surface area contributed by atoms with E-state index in [2.05, 4.69) is 10.6 Å². The minimum absolute atomic E-state index is 0.0837. The van der Waals surface area contributed by atoms with Crippen LogP contribution in [0.4, 0.5) is 11.4 Å². The Labute approximate surface area is 151 Å². The van der Waals surface area contributed by atoms with Crippen LogP contribution in [0.1, 0.15) is 18.2 Å². The zero-order chi connectivity index (χ0) is 17.9. The zero-order valence-corrected chi connectivity index (χ0v) is 15.6. The van der Waals surface area contributed by atoms with Gasteiger partial charge in [-0.05, 0) is 49.1 Å². The topological polar surface area (TPSA) is 78.5 Å². The van der Waals surface area contributed by atoms with Crippen molar-refractivity contribution >= 4 is 38.6 Å². The number of carbonyl (C=O) groups is 1. The van der Waals surface area contributed by atoms with Gasteiger partial charge in [-0.3, -0.25) is 9.10 Å². The fourth-order valence-corrected chi connectivity index (χ4v) is 4.92. The molecule has 3 rings (SSSR count). The molecule has 0 bridgehead atoms. The van der Waals surface area contributed by atoms with Crippen molar-refractivity contribution in [1.29, 1.82) is 0 Å². The summed E-state index contributed by atoms with van der Waals surface area (Å²) in [5.41, 5.74) is 1.44. The number of amides is 1. The molecule has 2 heterocycles. The van der Waals surface area contributed by atoms with E-state index in [1.54, 1.807) is 42.5 Å². The number of nitrogens with zero attached hydrogens (tertiary/aromatic N) is 1. The summed E-state index contributed by atoms with van der Waals surface area (Å²) in [6.45, 7) is 2.84. The number of nitrogens with one attached hydrogen (secondary N) is 2. The van der Waals surface area contributed by atoms with Gasteiger partial charge in [-0.1, -0.05) is 6.07 Å². The molecule has 0 radical (unpaired) electrons. The first-order chi connectivity index (χ1) is 12.0. The Morgan fingerprint density at radius 3 is 2.64 bits per heavy atom. The minimum Gasteiger partial charge on any atom is -0.374 e. The molecule has 1 aliphatic heterocycles. The molecule has 1 aliphatic rings. The summed E-state index contributed by atoms with van der Waals surface area (Å²) in [5.74, 6) is 0.119. The van der Waals surface area contributed by atoms with Crippen molar-refractivity contribution in [2.24, 2.45) is 0 Å². The number of hydrogen-bond donors (Lipinski definition) is 2. The van der Waals surface area contributed by atoms with E-state index < -0.39 is 10.0 Å². The first-order valence-electron chi connectivity index (χ1n) is 8.13. The minimum atomic E-state index is -3.17. The smallest absolute Gasteiger partial charge is 0.242 e. The van der Waals surface area contributed by atoms with Crippen LogP contribution in [0.5, 0.6) is 0 Å². The van der Waals surface area contributed by atoms with Gasteiger partial charge >= 0.3 is 0 Å². The average Bonchev–Trinajstić information content (AvgIpc) is 3.22. The lowest BCUT2D eigenvalue weighted by atomic mass is 10.2. The van der Waals surface area contributed by atoms with Crippen LogP contribution in [0.3, 0.4) is 0 Å². The predicted molar refractivity (Wildman–Crippen MR) is 101 cm³/mol. The lowest BCUT2D eigenvalue weighted by Gasteiger charge is -2.18. The van der Waals surface area contributed by atoms with E-state index in [4.69, 9.17) is 0 Å². The fourth-order valence-electron chi connectivity index (χ4n) is 2.71. The van der Waals surface area contributed by atoms with Gasteiger partial charge in [-0.2, -0.15) is 0 Å². The van der Waals surface area contributed by atoms with Crippen LogP contribution in [-0.4, -0.2) is 32.7 Å². The zero-order valence-electron chi connectivity index (χ0n) is 13.9. The molecule has 0 aliphatic carbocycles. The van der Waals surface area contributed by atoms with Gasteiger partial charge in [0, 0.05) is 17.1 Å². The summed E-state index contributed by atoms with van der Waals surface area (Å²) in [6.07, 6.45) is 0.657. The van der Waals surface area contributed by atoms with Crippen LogP contribution in [0.15, 0.2) is 41.8 Å². The maximum atomic E-state index is 12.1. The monoisotopic (exact) mass is 379 g/mol. The molecule has 1 aromatic heterocycles. The van der Waals surface area contributed by atoms with Gasteiger partial charge in [0.05, 0.1) is 18.0 Å². The van der Waals surface area contributed by atoms with Crippen LogP contribution in [0, 0.1) is 0 Å². The third kappa shape index (κ3) is 4.32. The largest absolute Gasteiger partial charge is 0.374 e.